The second-order valence-electron chi connectivity index (χ2n) is 8.30. The van der Waals surface area contributed by atoms with Crippen molar-refractivity contribution >= 4 is 18.0 Å². The maximum Gasteiger partial charge on any atom is 0.408 e. The highest BCUT2D eigenvalue weighted by molar-refractivity contribution is 5.89. The Hall–Kier alpha value is -3.35. The Morgan fingerprint density at radius 2 is 1.58 bits per heavy atom. The van der Waals surface area contributed by atoms with Crippen LogP contribution in [0.25, 0.3) is 11.1 Å². The lowest BCUT2D eigenvalue weighted by atomic mass is 9.98. The summed E-state index contributed by atoms with van der Waals surface area (Å²) in [5.41, 5.74) is 3.34. The highest BCUT2D eigenvalue weighted by atomic mass is 16.5. The smallest absolute Gasteiger partial charge is 0.408 e. The van der Waals surface area contributed by atoms with Crippen LogP contribution in [-0.2, 0) is 14.3 Å². The number of benzene rings is 2. The molecule has 0 unspecified atom stereocenters. The zero-order chi connectivity index (χ0) is 22.6. The number of carbonyl (C=O) groups is 3. The third kappa shape index (κ3) is 5.05. The number of aliphatic carboxylic acids is 1. The number of carboxylic acids is 1. The molecule has 0 bridgehead atoms. The molecule has 1 aliphatic rings. The molecule has 164 valence electrons. The van der Waals surface area contributed by atoms with E-state index in [1.165, 1.54) is 4.90 Å². The molecule has 0 saturated heterocycles. The van der Waals surface area contributed by atoms with Gasteiger partial charge in [0.15, 0.2) is 0 Å². The molecule has 2 aromatic rings. The van der Waals surface area contributed by atoms with Crippen molar-refractivity contribution < 1.29 is 24.2 Å². The summed E-state index contributed by atoms with van der Waals surface area (Å²) in [7, 11) is 1.59. The average molecular weight is 424 g/mol. The van der Waals surface area contributed by atoms with E-state index in [0.717, 1.165) is 22.3 Å². The summed E-state index contributed by atoms with van der Waals surface area (Å²) in [6.45, 7) is 3.66. The summed E-state index contributed by atoms with van der Waals surface area (Å²) in [6.07, 6.45) is -0.338. The van der Waals surface area contributed by atoms with Crippen LogP contribution in [0.1, 0.15) is 43.7 Å². The number of rotatable bonds is 8. The fourth-order valence-corrected chi connectivity index (χ4v) is 3.99. The van der Waals surface area contributed by atoms with E-state index < -0.39 is 17.6 Å². The van der Waals surface area contributed by atoms with E-state index in [1.54, 1.807) is 20.9 Å². The number of carboxylic acid groups (broad SMARTS) is 1. The van der Waals surface area contributed by atoms with Crippen LogP contribution in [0.15, 0.2) is 48.5 Å². The number of alkyl carbamates (subject to hydrolysis) is 1. The normalized spacial score (nSPS) is 12.6. The molecule has 0 atom stereocenters. The SMILES string of the molecule is CN(CCCC(=O)O)C(=O)C(C)(C)NC(=O)OCC1c2ccccc2-c2ccccc21. The zero-order valence-electron chi connectivity index (χ0n) is 18.1. The number of ether oxygens (including phenoxy) is 1. The minimum atomic E-state index is -1.18. The summed E-state index contributed by atoms with van der Waals surface area (Å²) in [4.78, 5) is 37.2. The molecule has 0 saturated carbocycles. The summed E-state index contributed by atoms with van der Waals surface area (Å²) in [6, 6.07) is 16.1. The van der Waals surface area contributed by atoms with Gasteiger partial charge in [0.25, 0.3) is 0 Å². The van der Waals surface area contributed by atoms with Crippen LogP contribution in [0.2, 0.25) is 0 Å². The molecule has 7 nitrogen and oxygen atoms in total. The molecule has 0 aromatic heterocycles. The van der Waals surface area contributed by atoms with Gasteiger partial charge in [-0.15, -0.1) is 0 Å². The van der Waals surface area contributed by atoms with Gasteiger partial charge in [0, 0.05) is 25.9 Å². The molecule has 2 amide bonds. The van der Waals surface area contributed by atoms with Crippen molar-refractivity contribution in [3.8, 4) is 11.1 Å². The van der Waals surface area contributed by atoms with Crippen molar-refractivity contribution in [1.82, 2.24) is 10.2 Å². The lowest BCUT2D eigenvalue weighted by molar-refractivity contribution is -0.139. The van der Waals surface area contributed by atoms with Gasteiger partial charge in [0.05, 0.1) is 0 Å². The highest BCUT2D eigenvalue weighted by Gasteiger charge is 2.34. The third-order valence-electron chi connectivity index (χ3n) is 5.52. The molecule has 7 heteroatoms. The Bertz CT molecular complexity index is 940. The number of carbonyl (C=O) groups excluding carboxylic acids is 2. The Balaban J connectivity index is 1.60. The quantitative estimate of drug-likeness (QED) is 0.675. The van der Waals surface area contributed by atoms with Crippen LogP contribution in [-0.4, -0.2) is 53.7 Å². The minimum absolute atomic E-state index is 0.0160. The predicted octanol–water partition coefficient (Wildman–Crippen LogP) is 3.63. The molecule has 2 aromatic carbocycles. The lowest BCUT2D eigenvalue weighted by Gasteiger charge is -2.30. The molecular weight excluding hydrogens is 396 g/mol. The molecule has 2 N–H and O–H groups in total. The van der Waals surface area contributed by atoms with Gasteiger partial charge < -0.3 is 20.1 Å². The average Bonchev–Trinajstić information content (AvgIpc) is 3.05. The van der Waals surface area contributed by atoms with Gasteiger partial charge in [-0.1, -0.05) is 48.5 Å². The molecule has 0 radical (unpaired) electrons. The van der Waals surface area contributed by atoms with E-state index in [4.69, 9.17) is 9.84 Å². The number of hydrogen-bond acceptors (Lipinski definition) is 4. The number of likely N-dealkylation sites (N-methyl/N-ethyl adjacent to an activating group) is 1. The Labute approximate surface area is 182 Å². The summed E-state index contributed by atoms with van der Waals surface area (Å²) in [5, 5.41) is 11.4. The van der Waals surface area contributed by atoms with Crippen LogP contribution >= 0.6 is 0 Å². The second-order valence-corrected chi connectivity index (χ2v) is 8.30. The van der Waals surface area contributed by atoms with Crippen LogP contribution < -0.4 is 5.32 Å². The van der Waals surface area contributed by atoms with E-state index in [-0.39, 0.29) is 24.9 Å². The molecule has 0 fully saturated rings. The fourth-order valence-electron chi connectivity index (χ4n) is 3.99. The van der Waals surface area contributed by atoms with Crippen molar-refractivity contribution in [2.45, 2.75) is 38.1 Å². The van der Waals surface area contributed by atoms with Crippen molar-refractivity contribution in [3.05, 3.63) is 59.7 Å². The zero-order valence-corrected chi connectivity index (χ0v) is 18.1. The van der Waals surface area contributed by atoms with Gasteiger partial charge in [-0.25, -0.2) is 4.79 Å². The predicted molar refractivity (Wildman–Crippen MR) is 117 cm³/mol. The lowest BCUT2D eigenvalue weighted by Crippen LogP contribution is -2.55. The fraction of sp³-hybridized carbons (Fsp3) is 0.375. The van der Waals surface area contributed by atoms with Crippen molar-refractivity contribution in [1.29, 1.82) is 0 Å². The number of nitrogens with one attached hydrogen (secondary N) is 1. The molecular formula is C24H28N2O5. The standard InChI is InChI=1S/C24H28N2O5/c1-24(2,22(29)26(3)14-8-13-21(27)28)25-23(30)31-15-20-18-11-6-4-9-16(18)17-10-5-7-12-19(17)20/h4-7,9-12,20H,8,13-15H2,1-3H3,(H,25,30)(H,27,28). The first-order chi connectivity index (χ1) is 14.7. The Morgan fingerprint density at radius 3 is 2.13 bits per heavy atom. The van der Waals surface area contributed by atoms with Gasteiger partial charge in [-0.2, -0.15) is 0 Å². The van der Waals surface area contributed by atoms with Crippen LogP contribution in [0.3, 0.4) is 0 Å². The number of amides is 2. The van der Waals surface area contributed by atoms with E-state index in [2.05, 4.69) is 17.4 Å². The molecule has 1 aliphatic carbocycles. The van der Waals surface area contributed by atoms with Gasteiger partial charge in [0.2, 0.25) is 5.91 Å². The van der Waals surface area contributed by atoms with Crippen LogP contribution in [0.4, 0.5) is 4.79 Å². The van der Waals surface area contributed by atoms with E-state index in [1.807, 2.05) is 36.4 Å². The minimum Gasteiger partial charge on any atom is -0.481 e. The third-order valence-corrected chi connectivity index (χ3v) is 5.52. The summed E-state index contributed by atoms with van der Waals surface area (Å²) < 4.78 is 5.52. The van der Waals surface area contributed by atoms with E-state index in [9.17, 15) is 14.4 Å². The van der Waals surface area contributed by atoms with Gasteiger partial charge >= 0.3 is 12.1 Å². The number of hydrogen-bond donors (Lipinski definition) is 2. The topological polar surface area (TPSA) is 95.9 Å². The second kappa shape index (κ2) is 9.20. The summed E-state index contributed by atoms with van der Waals surface area (Å²) >= 11 is 0. The van der Waals surface area contributed by atoms with E-state index >= 15 is 0 Å². The molecule has 31 heavy (non-hydrogen) atoms. The van der Waals surface area contributed by atoms with Crippen LogP contribution in [0, 0.1) is 0 Å². The van der Waals surface area contributed by atoms with E-state index in [0.29, 0.717) is 13.0 Å². The maximum absolute atomic E-state index is 12.7. The molecule has 0 aliphatic heterocycles. The first-order valence-corrected chi connectivity index (χ1v) is 10.3. The van der Waals surface area contributed by atoms with Crippen molar-refractivity contribution in [2.24, 2.45) is 0 Å². The van der Waals surface area contributed by atoms with Crippen LogP contribution in [0.5, 0.6) is 0 Å². The number of nitrogens with zero attached hydrogens (tertiary/aromatic N) is 1. The molecule has 0 spiro atoms. The maximum atomic E-state index is 12.7. The molecule has 0 heterocycles. The molecule has 3 rings (SSSR count). The Kier molecular flexibility index (Phi) is 6.63. The first-order valence-electron chi connectivity index (χ1n) is 10.3. The monoisotopic (exact) mass is 424 g/mol. The van der Waals surface area contributed by atoms with Crippen molar-refractivity contribution in [3.63, 3.8) is 0 Å². The van der Waals surface area contributed by atoms with Crippen molar-refractivity contribution in [2.75, 3.05) is 20.2 Å². The first kappa shape index (κ1) is 22.3. The van der Waals surface area contributed by atoms with Gasteiger partial charge in [-0.3, -0.25) is 9.59 Å². The Morgan fingerprint density at radius 1 is 1.03 bits per heavy atom. The summed E-state index contributed by atoms with van der Waals surface area (Å²) in [5.74, 6) is -1.28. The van der Waals surface area contributed by atoms with Gasteiger partial charge in [-0.05, 0) is 42.5 Å². The number of fused-ring (bicyclic) bond motifs is 3. The highest BCUT2D eigenvalue weighted by Crippen LogP contribution is 2.44. The largest absolute Gasteiger partial charge is 0.481 e. The van der Waals surface area contributed by atoms with Gasteiger partial charge in [0.1, 0.15) is 12.1 Å².